The van der Waals surface area contributed by atoms with E-state index < -0.39 is 0 Å². The monoisotopic (exact) mass is 262 g/mol. The Morgan fingerprint density at radius 2 is 2.21 bits per heavy atom. The van der Waals surface area contributed by atoms with Crippen LogP contribution in [0.1, 0.15) is 37.3 Å². The summed E-state index contributed by atoms with van der Waals surface area (Å²) in [5.74, 6) is 2.23. The van der Waals surface area contributed by atoms with Crippen molar-refractivity contribution in [1.82, 2.24) is 5.32 Å². The van der Waals surface area contributed by atoms with Crippen LogP contribution in [0.5, 0.6) is 5.75 Å². The van der Waals surface area contributed by atoms with Crippen LogP contribution >= 0.6 is 0 Å². The van der Waals surface area contributed by atoms with Gasteiger partial charge >= 0.3 is 0 Å². The quantitative estimate of drug-likeness (QED) is 0.855. The van der Waals surface area contributed by atoms with Crippen molar-refractivity contribution in [3.05, 3.63) is 23.3 Å². The maximum atomic E-state index is 5.48. The predicted octanol–water partition coefficient (Wildman–Crippen LogP) is 3.15. The van der Waals surface area contributed by atoms with Gasteiger partial charge in [-0.15, -0.1) is 0 Å². The van der Waals surface area contributed by atoms with Crippen molar-refractivity contribution in [2.24, 2.45) is 5.92 Å². The first-order valence-corrected chi connectivity index (χ1v) is 7.25. The van der Waals surface area contributed by atoms with Crippen LogP contribution in [0.3, 0.4) is 0 Å². The van der Waals surface area contributed by atoms with Gasteiger partial charge in [-0.3, -0.25) is 0 Å². The van der Waals surface area contributed by atoms with Gasteiger partial charge in [0, 0.05) is 12.2 Å². The zero-order chi connectivity index (χ0) is 13.8. The molecule has 3 nitrogen and oxygen atoms in total. The molecule has 0 saturated carbocycles. The second-order valence-corrected chi connectivity index (χ2v) is 5.80. The lowest BCUT2D eigenvalue weighted by Gasteiger charge is -2.18. The second-order valence-electron chi connectivity index (χ2n) is 5.80. The SMILES string of the molecule is COc1cc(C)c(NCC2CCNC2)cc1C(C)C. The van der Waals surface area contributed by atoms with Gasteiger partial charge in [0.2, 0.25) is 0 Å². The van der Waals surface area contributed by atoms with Gasteiger partial charge in [0.1, 0.15) is 5.75 Å². The van der Waals surface area contributed by atoms with E-state index in [1.54, 1.807) is 7.11 Å². The predicted molar refractivity (Wildman–Crippen MR) is 81.3 cm³/mol. The standard InChI is InChI=1S/C16H26N2O/c1-11(2)14-8-15(12(3)7-16(14)19-4)18-10-13-5-6-17-9-13/h7-8,11,13,17-18H,5-6,9-10H2,1-4H3. The lowest BCUT2D eigenvalue weighted by molar-refractivity contribution is 0.407. The minimum Gasteiger partial charge on any atom is -0.496 e. The van der Waals surface area contributed by atoms with Crippen molar-refractivity contribution in [3.8, 4) is 5.75 Å². The summed E-state index contributed by atoms with van der Waals surface area (Å²) in [5.41, 5.74) is 3.78. The molecule has 1 aromatic rings. The molecule has 1 fully saturated rings. The third kappa shape index (κ3) is 3.41. The molecule has 1 aliphatic rings. The van der Waals surface area contributed by atoms with E-state index in [1.807, 2.05) is 0 Å². The van der Waals surface area contributed by atoms with Gasteiger partial charge in [0.25, 0.3) is 0 Å². The Balaban J connectivity index is 2.12. The molecular formula is C16H26N2O. The van der Waals surface area contributed by atoms with E-state index in [0.717, 1.165) is 31.3 Å². The topological polar surface area (TPSA) is 33.3 Å². The molecular weight excluding hydrogens is 236 g/mol. The van der Waals surface area contributed by atoms with E-state index in [0.29, 0.717) is 5.92 Å². The number of anilines is 1. The van der Waals surface area contributed by atoms with Gasteiger partial charge in [-0.25, -0.2) is 0 Å². The summed E-state index contributed by atoms with van der Waals surface area (Å²) < 4.78 is 5.48. The Morgan fingerprint density at radius 3 is 2.79 bits per heavy atom. The Hall–Kier alpha value is -1.22. The fraction of sp³-hybridized carbons (Fsp3) is 0.625. The Labute approximate surface area is 116 Å². The zero-order valence-corrected chi connectivity index (χ0v) is 12.5. The molecule has 3 heteroatoms. The summed E-state index contributed by atoms with van der Waals surface area (Å²) in [4.78, 5) is 0. The largest absolute Gasteiger partial charge is 0.496 e. The molecule has 0 radical (unpaired) electrons. The van der Waals surface area contributed by atoms with Crippen molar-refractivity contribution in [1.29, 1.82) is 0 Å². The number of hydrogen-bond donors (Lipinski definition) is 2. The van der Waals surface area contributed by atoms with E-state index in [2.05, 4.69) is 43.5 Å². The first kappa shape index (κ1) is 14.2. The molecule has 1 heterocycles. The molecule has 1 saturated heterocycles. The number of aryl methyl sites for hydroxylation is 1. The average Bonchev–Trinajstić information content (AvgIpc) is 2.89. The van der Waals surface area contributed by atoms with Crippen LogP contribution in [0.25, 0.3) is 0 Å². The van der Waals surface area contributed by atoms with Crippen molar-refractivity contribution in [2.75, 3.05) is 32.1 Å². The number of rotatable bonds is 5. The first-order valence-electron chi connectivity index (χ1n) is 7.25. The highest BCUT2D eigenvalue weighted by Crippen LogP contribution is 2.32. The molecule has 1 unspecified atom stereocenters. The lowest BCUT2D eigenvalue weighted by atomic mass is 9.98. The third-order valence-electron chi connectivity index (χ3n) is 3.94. The molecule has 2 N–H and O–H groups in total. The van der Waals surface area contributed by atoms with E-state index in [4.69, 9.17) is 4.74 Å². The van der Waals surface area contributed by atoms with Crippen molar-refractivity contribution in [3.63, 3.8) is 0 Å². The van der Waals surface area contributed by atoms with Gasteiger partial charge in [0.05, 0.1) is 7.11 Å². The molecule has 19 heavy (non-hydrogen) atoms. The zero-order valence-electron chi connectivity index (χ0n) is 12.5. The Bertz CT molecular complexity index is 423. The highest BCUT2D eigenvalue weighted by atomic mass is 16.5. The van der Waals surface area contributed by atoms with E-state index >= 15 is 0 Å². The first-order chi connectivity index (χ1) is 9.11. The molecule has 1 atom stereocenters. The summed E-state index contributed by atoms with van der Waals surface area (Å²) in [7, 11) is 1.75. The van der Waals surface area contributed by atoms with Crippen LogP contribution < -0.4 is 15.4 Å². The van der Waals surface area contributed by atoms with E-state index in [-0.39, 0.29) is 0 Å². The number of hydrogen-bond acceptors (Lipinski definition) is 3. The lowest BCUT2D eigenvalue weighted by Crippen LogP contribution is -2.17. The molecule has 0 amide bonds. The molecule has 1 aliphatic heterocycles. The molecule has 0 bridgehead atoms. The van der Waals surface area contributed by atoms with Crippen molar-refractivity contribution >= 4 is 5.69 Å². The van der Waals surface area contributed by atoms with Gasteiger partial charge in [0.15, 0.2) is 0 Å². The fourth-order valence-corrected chi connectivity index (χ4v) is 2.66. The molecule has 106 valence electrons. The van der Waals surface area contributed by atoms with E-state index in [1.165, 1.54) is 23.2 Å². The van der Waals surface area contributed by atoms with Gasteiger partial charge in [-0.05, 0) is 61.5 Å². The molecule has 0 aromatic heterocycles. The third-order valence-corrected chi connectivity index (χ3v) is 3.94. The molecule has 1 aromatic carbocycles. The Kier molecular flexibility index (Phi) is 4.70. The molecule has 0 spiro atoms. The highest BCUT2D eigenvalue weighted by Gasteiger charge is 2.15. The van der Waals surface area contributed by atoms with Crippen LogP contribution in [-0.2, 0) is 0 Å². The Morgan fingerprint density at radius 1 is 1.42 bits per heavy atom. The average molecular weight is 262 g/mol. The van der Waals surface area contributed by atoms with Gasteiger partial charge in [-0.1, -0.05) is 13.8 Å². The van der Waals surface area contributed by atoms with Crippen LogP contribution in [0.15, 0.2) is 12.1 Å². The number of nitrogens with one attached hydrogen (secondary N) is 2. The minimum atomic E-state index is 0.476. The minimum absolute atomic E-state index is 0.476. The number of ether oxygens (including phenoxy) is 1. The number of benzene rings is 1. The van der Waals surface area contributed by atoms with Crippen LogP contribution in [0, 0.1) is 12.8 Å². The van der Waals surface area contributed by atoms with E-state index in [9.17, 15) is 0 Å². The van der Waals surface area contributed by atoms with Gasteiger partial charge in [-0.2, -0.15) is 0 Å². The maximum absolute atomic E-state index is 5.48. The van der Waals surface area contributed by atoms with Gasteiger partial charge < -0.3 is 15.4 Å². The van der Waals surface area contributed by atoms with Crippen molar-refractivity contribution in [2.45, 2.75) is 33.1 Å². The maximum Gasteiger partial charge on any atom is 0.122 e. The summed E-state index contributed by atoms with van der Waals surface area (Å²) in [6.45, 7) is 9.90. The fourth-order valence-electron chi connectivity index (χ4n) is 2.66. The van der Waals surface area contributed by atoms with Crippen LogP contribution in [0.4, 0.5) is 5.69 Å². The smallest absolute Gasteiger partial charge is 0.122 e. The molecule has 2 rings (SSSR count). The van der Waals surface area contributed by atoms with Crippen molar-refractivity contribution < 1.29 is 4.74 Å². The number of methoxy groups -OCH3 is 1. The van der Waals surface area contributed by atoms with Crippen LogP contribution in [0.2, 0.25) is 0 Å². The van der Waals surface area contributed by atoms with Crippen LogP contribution in [-0.4, -0.2) is 26.7 Å². The normalized spacial score (nSPS) is 18.9. The highest BCUT2D eigenvalue weighted by molar-refractivity contribution is 5.58. The summed E-state index contributed by atoms with van der Waals surface area (Å²) in [6, 6.07) is 4.39. The molecule has 0 aliphatic carbocycles. The summed E-state index contributed by atoms with van der Waals surface area (Å²) in [6.07, 6.45) is 1.28. The second kappa shape index (κ2) is 6.29. The summed E-state index contributed by atoms with van der Waals surface area (Å²) in [5, 5.41) is 7.02. The summed E-state index contributed by atoms with van der Waals surface area (Å²) >= 11 is 0.